The summed E-state index contributed by atoms with van der Waals surface area (Å²) in [5.41, 5.74) is 3.27. The molecule has 2 heterocycles. The summed E-state index contributed by atoms with van der Waals surface area (Å²) in [7, 11) is 0. The topological polar surface area (TPSA) is 36.4 Å². The molecule has 0 atom stereocenters. The fourth-order valence-corrected chi connectivity index (χ4v) is 3.12. The molecule has 0 N–H and O–H groups in total. The summed E-state index contributed by atoms with van der Waals surface area (Å²) in [5, 5.41) is 2.55. The first-order chi connectivity index (χ1) is 9.75. The standard InChI is InChI=1S/C14H14ClN3OS/c15-11-3-1-2-4-13(11)17-5-7-18(8-6-17)14(19)12-9-20-10-16-12/h1-4,9-10H,5-8H2. The Balaban J connectivity index is 1.65. The molecule has 6 heteroatoms. The van der Waals surface area contributed by atoms with Crippen molar-refractivity contribution in [2.75, 3.05) is 31.1 Å². The van der Waals surface area contributed by atoms with E-state index in [0.717, 1.165) is 23.8 Å². The summed E-state index contributed by atoms with van der Waals surface area (Å²) in [5.74, 6) is 0.0186. The van der Waals surface area contributed by atoms with Crippen molar-refractivity contribution in [1.82, 2.24) is 9.88 Å². The molecule has 1 aliphatic heterocycles. The Labute approximate surface area is 126 Å². The van der Waals surface area contributed by atoms with Gasteiger partial charge in [-0.05, 0) is 12.1 Å². The third-order valence-corrected chi connectivity index (χ3v) is 4.32. The molecule has 1 aromatic carbocycles. The van der Waals surface area contributed by atoms with Gasteiger partial charge in [-0.25, -0.2) is 4.98 Å². The lowest BCUT2D eigenvalue weighted by Gasteiger charge is -2.36. The molecule has 0 unspecified atom stereocenters. The summed E-state index contributed by atoms with van der Waals surface area (Å²) in [6.45, 7) is 2.97. The van der Waals surface area contributed by atoms with Gasteiger partial charge in [-0.3, -0.25) is 4.79 Å². The molecule has 1 aromatic heterocycles. The minimum Gasteiger partial charge on any atom is -0.367 e. The van der Waals surface area contributed by atoms with E-state index in [0.29, 0.717) is 18.8 Å². The Bertz CT molecular complexity index is 594. The molecular formula is C14H14ClN3OS. The number of halogens is 1. The summed E-state index contributed by atoms with van der Waals surface area (Å²) < 4.78 is 0. The predicted molar refractivity (Wildman–Crippen MR) is 81.7 cm³/mol. The highest BCUT2D eigenvalue weighted by atomic mass is 35.5. The largest absolute Gasteiger partial charge is 0.367 e. The van der Waals surface area contributed by atoms with Crippen LogP contribution in [0.2, 0.25) is 5.02 Å². The number of benzene rings is 1. The molecule has 0 saturated carbocycles. The summed E-state index contributed by atoms with van der Waals surface area (Å²) in [4.78, 5) is 20.3. The number of anilines is 1. The van der Waals surface area contributed by atoms with E-state index >= 15 is 0 Å². The van der Waals surface area contributed by atoms with Gasteiger partial charge < -0.3 is 9.80 Å². The fourth-order valence-electron chi connectivity index (χ4n) is 2.34. The van der Waals surface area contributed by atoms with Gasteiger partial charge in [-0.15, -0.1) is 11.3 Å². The van der Waals surface area contributed by atoms with Crippen molar-refractivity contribution in [2.24, 2.45) is 0 Å². The molecular weight excluding hydrogens is 294 g/mol. The fraction of sp³-hybridized carbons (Fsp3) is 0.286. The molecule has 1 fully saturated rings. The number of hydrogen-bond donors (Lipinski definition) is 0. The summed E-state index contributed by atoms with van der Waals surface area (Å²) in [6, 6.07) is 7.81. The summed E-state index contributed by atoms with van der Waals surface area (Å²) >= 11 is 7.65. The lowest BCUT2D eigenvalue weighted by atomic mass is 10.2. The van der Waals surface area contributed by atoms with Crippen LogP contribution >= 0.6 is 22.9 Å². The third-order valence-electron chi connectivity index (χ3n) is 3.41. The quantitative estimate of drug-likeness (QED) is 0.856. The van der Waals surface area contributed by atoms with Crippen molar-refractivity contribution in [3.8, 4) is 0 Å². The molecule has 4 nitrogen and oxygen atoms in total. The van der Waals surface area contributed by atoms with E-state index in [9.17, 15) is 4.79 Å². The number of aromatic nitrogens is 1. The number of hydrogen-bond acceptors (Lipinski definition) is 4. The average molecular weight is 308 g/mol. The molecule has 0 bridgehead atoms. The molecule has 1 saturated heterocycles. The van der Waals surface area contributed by atoms with E-state index in [1.807, 2.05) is 29.2 Å². The average Bonchev–Trinajstić information content (AvgIpc) is 3.01. The van der Waals surface area contributed by atoms with Gasteiger partial charge in [-0.1, -0.05) is 23.7 Å². The normalized spacial score (nSPS) is 15.4. The highest BCUT2D eigenvalue weighted by Gasteiger charge is 2.23. The third kappa shape index (κ3) is 2.64. The van der Waals surface area contributed by atoms with E-state index in [1.165, 1.54) is 11.3 Å². The van der Waals surface area contributed by atoms with Crippen molar-refractivity contribution in [3.63, 3.8) is 0 Å². The maximum absolute atomic E-state index is 12.2. The van der Waals surface area contributed by atoms with Crippen LogP contribution < -0.4 is 4.90 Å². The van der Waals surface area contributed by atoms with E-state index in [2.05, 4.69) is 9.88 Å². The molecule has 3 rings (SSSR count). The Morgan fingerprint density at radius 1 is 1.20 bits per heavy atom. The van der Waals surface area contributed by atoms with Gasteiger partial charge in [0.25, 0.3) is 5.91 Å². The molecule has 0 aliphatic carbocycles. The van der Waals surface area contributed by atoms with Crippen LogP contribution in [0.1, 0.15) is 10.5 Å². The lowest BCUT2D eigenvalue weighted by molar-refractivity contribution is 0.0741. The van der Waals surface area contributed by atoms with Crippen molar-refractivity contribution >= 4 is 34.5 Å². The first-order valence-corrected chi connectivity index (χ1v) is 7.75. The van der Waals surface area contributed by atoms with Crippen molar-refractivity contribution in [2.45, 2.75) is 0 Å². The van der Waals surface area contributed by atoms with Gasteiger partial charge in [0, 0.05) is 31.6 Å². The number of nitrogens with zero attached hydrogens (tertiary/aromatic N) is 3. The second-order valence-corrected chi connectivity index (χ2v) is 5.73. The molecule has 0 spiro atoms. The summed E-state index contributed by atoms with van der Waals surface area (Å²) in [6.07, 6.45) is 0. The first kappa shape index (κ1) is 13.4. The molecule has 2 aromatic rings. The zero-order valence-electron chi connectivity index (χ0n) is 10.8. The van der Waals surface area contributed by atoms with Crippen LogP contribution in [-0.2, 0) is 0 Å². The Morgan fingerprint density at radius 2 is 1.95 bits per heavy atom. The maximum Gasteiger partial charge on any atom is 0.273 e. The van der Waals surface area contributed by atoms with E-state index in [-0.39, 0.29) is 5.91 Å². The number of piperazine rings is 1. The molecule has 0 radical (unpaired) electrons. The minimum atomic E-state index is 0.0186. The van der Waals surface area contributed by atoms with Gasteiger partial charge >= 0.3 is 0 Å². The highest BCUT2D eigenvalue weighted by molar-refractivity contribution is 7.07. The van der Waals surface area contributed by atoms with Gasteiger partial charge in [0.15, 0.2) is 0 Å². The SMILES string of the molecule is O=C(c1cscn1)N1CCN(c2ccccc2Cl)CC1. The number of carbonyl (C=O) groups is 1. The molecule has 1 aliphatic rings. The predicted octanol–water partition coefficient (Wildman–Crippen LogP) is 2.76. The number of para-hydroxylation sites is 1. The first-order valence-electron chi connectivity index (χ1n) is 6.42. The maximum atomic E-state index is 12.2. The minimum absolute atomic E-state index is 0.0186. The Hall–Kier alpha value is -1.59. The van der Waals surface area contributed by atoms with Gasteiger partial charge in [0.2, 0.25) is 0 Å². The van der Waals surface area contributed by atoms with Crippen LogP contribution in [0.4, 0.5) is 5.69 Å². The van der Waals surface area contributed by atoms with Gasteiger partial charge in [0.05, 0.1) is 16.2 Å². The highest BCUT2D eigenvalue weighted by Crippen LogP contribution is 2.26. The zero-order valence-corrected chi connectivity index (χ0v) is 12.4. The number of amides is 1. The lowest BCUT2D eigenvalue weighted by Crippen LogP contribution is -2.49. The smallest absolute Gasteiger partial charge is 0.273 e. The molecule has 1 amide bonds. The van der Waals surface area contributed by atoms with E-state index < -0.39 is 0 Å². The van der Waals surface area contributed by atoms with Crippen molar-refractivity contribution < 1.29 is 4.79 Å². The van der Waals surface area contributed by atoms with E-state index in [1.54, 1.807) is 10.9 Å². The van der Waals surface area contributed by atoms with Crippen LogP contribution in [0.5, 0.6) is 0 Å². The van der Waals surface area contributed by atoms with Crippen LogP contribution in [0.3, 0.4) is 0 Å². The van der Waals surface area contributed by atoms with Crippen LogP contribution in [0.15, 0.2) is 35.2 Å². The van der Waals surface area contributed by atoms with E-state index in [4.69, 9.17) is 11.6 Å². The van der Waals surface area contributed by atoms with Crippen LogP contribution in [0.25, 0.3) is 0 Å². The van der Waals surface area contributed by atoms with Crippen LogP contribution in [-0.4, -0.2) is 42.0 Å². The second-order valence-electron chi connectivity index (χ2n) is 4.60. The van der Waals surface area contributed by atoms with Crippen LogP contribution in [0, 0.1) is 0 Å². The van der Waals surface area contributed by atoms with Crippen molar-refractivity contribution in [3.05, 3.63) is 45.9 Å². The van der Waals surface area contributed by atoms with Crippen molar-refractivity contribution in [1.29, 1.82) is 0 Å². The number of carbonyl (C=O) groups excluding carboxylic acids is 1. The van der Waals surface area contributed by atoms with Gasteiger partial charge in [0.1, 0.15) is 5.69 Å². The zero-order chi connectivity index (χ0) is 13.9. The monoisotopic (exact) mass is 307 g/mol. The van der Waals surface area contributed by atoms with Gasteiger partial charge in [-0.2, -0.15) is 0 Å². The number of thiazole rings is 1. The molecule has 104 valence electrons. The Kier molecular flexibility index (Phi) is 3.89. The second kappa shape index (κ2) is 5.81. The molecule has 20 heavy (non-hydrogen) atoms. The number of rotatable bonds is 2. The Morgan fingerprint density at radius 3 is 2.60 bits per heavy atom.